The van der Waals surface area contributed by atoms with Gasteiger partial charge < -0.3 is 19.4 Å². The lowest BCUT2D eigenvalue weighted by atomic mass is 10.0. The number of amides is 1. The summed E-state index contributed by atoms with van der Waals surface area (Å²) < 4.78 is 10.5. The number of fused-ring (bicyclic) bond motifs is 1. The Balaban J connectivity index is 1.41. The van der Waals surface area contributed by atoms with E-state index < -0.39 is 0 Å². The van der Waals surface area contributed by atoms with Gasteiger partial charge in [-0.15, -0.1) is 0 Å². The predicted octanol–water partition coefficient (Wildman–Crippen LogP) is 2.28. The Bertz CT molecular complexity index is 848. The molecule has 150 valence electrons. The molecule has 0 unspecified atom stereocenters. The molecule has 3 heterocycles. The Morgan fingerprint density at radius 3 is 2.61 bits per heavy atom. The van der Waals surface area contributed by atoms with Gasteiger partial charge in [0.1, 0.15) is 5.69 Å². The average Bonchev–Trinajstić information content (AvgIpc) is 3.18. The van der Waals surface area contributed by atoms with Crippen LogP contribution in [0.3, 0.4) is 0 Å². The molecule has 0 bridgehead atoms. The van der Waals surface area contributed by atoms with Gasteiger partial charge in [0.25, 0.3) is 5.91 Å². The van der Waals surface area contributed by atoms with Crippen molar-refractivity contribution in [2.24, 2.45) is 0 Å². The van der Waals surface area contributed by atoms with Crippen LogP contribution in [0.2, 0.25) is 0 Å². The molecule has 0 atom stereocenters. The number of aromatic nitrogens is 1. The molecule has 0 aliphatic carbocycles. The Morgan fingerprint density at radius 1 is 1.14 bits per heavy atom. The summed E-state index contributed by atoms with van der Waals surface area (Å²) in [6, 6.07) is 7.82. The number of ether oxygens (including phenoxy) is 2. The Labute approximate surface area is 164 Å². The highest BCUT2D eigenvalue weighted by Gasteiger charge is 2.28. The molecule has 0 saturated carbocycles. The second-order valence-electron chi connectivity index (χ2n) is 7.38. The number of esters is 1. The third-order valence-corrected chi connectivity index (χ3v) is 5.68. The SMILES string of the molecule is CCOC(=O)c1cc2cc(C(=O)N3CCC(N4CCOCC4)CC3)ccc2[nH]1. The molecule has 1 aromatic carbocycles. The molecule has 2 fully saturated rings. The van der Waals surface area contributed by atoms with E-state index in [4.69, 9.17) is 9.47 Å². The highest BCUT2D eigenvalue weighted by Crippen LogP contribution is 2.22. The number of hydrogen-bond donors (Lipinski definition) is 1. The van der Waals surface area contributed by atoms with E-state index in [9.17, 15) is 9.59 Å². The van der Waals surface area contributed by atoms with Crippen molar-refractivity contribution in [2.75, 3.05) is 46.0 Å². The van der Waals surface area contributed by atoms with E-state index in [-0.39, 0.29) is 11.9 Å². The van der Waals surface area contributed by atoms with Gasteiger partial charge in [-0.25, -0.2) is 4.79 Å². The average molecular weight is 385 g/mol. The van der Waals surface area contributed by atoms with E-state index in [0.717, 1.165) is 63.1 Å². The van der Waals surface area contributed by atoms with Crippen molar-refractivity contribution < 1.29 is 19.1 Å². The number of rotatable bonds is 4. The topological polar surface area (TPSA) is 74.9 Å². The van der Waals surface area contributed by atoms with Crippen LogP contribution >= 0.6 is 0 Å². The van der Waals surface area contributed by atoms with Gasteiger partial charge in [0.15, 0.2) is 0 Å². The zero-order valence-corrected chi connectivity index (χ0v) is 16.3. The maximum Gasteiger partial charge on any atom is 0.354 e. The second-order valence-corrected chi connectivity index (χ2v) is 7.38. The van der Waals surface area contributed by atoms with Gasteiger partial charge in [0, 0.05) is 48.7 Å². The van der Waals surface area contributed by atoms with E-state index in [1.807, 2.05) is 23.1 Å². The number of H-pyrrole nitrogens is 1. The highest BCUT2D eigenvalue weighted by atomic mass is 16.5. The second kappa shape index (κ2) is 8.32. The fourth-order valence-electron chi connectivity index (χ4n) is 4.14. The van der Waals surface area contributed by atoms with Crippen molar-refractivity contribution >= 4 is 22.8 Å². The molecular formula is C21H27N3O4. The molecule has 2 aromatic rings. The van der Waals surface area contributed by atoms with E-state index in [0.29, 0.717) is 23.9 Å². The first-order chi connectivity index (χ1) is 13.7. The van der Waals surface area contributed by atoms with Crippen LogP contribution in [-0.2, 0) is 9.47 Å². The third kappa shape index (κ3) is 3.91. The van der Waals surface area contributed by atoms with Crippen molar-refractivity contribution in [1.29, 1.82) is 0 Å². The van der Waals surface area contributed by atoms with Crippen LogP contribution in [0.15, 0.2) is 24.3 Å². The third-order valence-electron chi connectivity index (χ3n) is 5.68. The first-order valence-corrected chi connectivity index (χ1v) is 10.1. The van der Waals surface area contributed by atoms with Crippen molar-refractivity contribution in [2.45, 2.75) is 25.8 Å². The first kappa shape index (κ1) is 19.0. The van der Waals surface area contributed by atoms with Crippen LogP contribution in [0.25, 0.3) is 10.9 Å². The summed E-state index contributed by atoms with van der Waals surface area (Å²) in [5, 5.41) is 0.845. The summed E-state index contributed by atoms with van der Waals surface area (Å²) in [6.07, 6.45) is 2.01. The molecule has 28 heavy (non-hydrogen) atoms. The van der Waals surface area contributed by atoms with Gasteiger partial charge in [0.05, 0.1) is 19.8 Å². The van der Waals surface area contributed by atoms with Crippen molar-refractivity contribution in [1.82, 2.24) is 14.8 Å². The lowest BCUT2D eigenvalue weighted by Gasteiger charge is -2.40. The van der Waals surface area contributed by atoms with Crippen LogP contribution in [0, 0.1) is 0 Å². The van der Waals surface area contributed by atoms with E-state index in [1.54, 1.807) is 13.0 Å². The largest absolute Gasteiger partial charge is 0.461 e. The molecule has 1 aromatic heterocycles. The van der Waals surface area contributed by atoms with Crippen molar-refractivity contribution in [3.05, 3.63) is 35.5 Å². The maximum atomic E-state index is 13.0. The monoisotopic (exact) mass is 385 g/mol. The highest BCUT2D eigenvalue weighted by molar-refractivity contribution is 6.00. The van der Waals surface area contributed by atoms with Crippen LogP contribution in [-0.4, -0.2) is 78.7 Å². The molecule has 2 aliphatic heterocycles. The Kier molecular flexibility index (Phi) is 5.64. The summed E-state index contributed by atoms with van der Waals surface area (Å²) in [5.41, 5.74) is 1.89. The summed E-state index contributed by atoms with van der Waals surface area (Å²) >= 11 is 0. The standard InChI is InChI=1S/C21H27N3O4/c1-2-28-21(26)19-14-16-13-15(3-4-18(16)22-19)20(25)24-7-5-17(6-8-24)23-9-11-27-12-10-23/h3-4,13-14,17,22H,2,5-12H2,1H3. The smallest absolute Gasteiger partial charge is 0.354 e. The maximum absolute atomic E-state index is 13.0. The van der Waals surface area contributed by atoms with Crippen molar-refractivity contribution in [3.63, 3.8) is 0 Å². The minimum atomic E-state index is -0.378. The molecule has 0 radical (unpaired) electrons. The lowest BCUT2D eigenvalue weighted by Crippen LogP contribution is -2.50. The van der Waals surface area contributed by atoms with Crippen LogP contribution in [0.5, 0.6) is 0 Å². The normalized spacial score (nSPS) is 19.1. The zero-order valence-electron chi connectivity index (χ0n) is 16.3. The van der Waals surface area contributed by atoms with Crippen LogP contribution < -0.4 is 0 Å². The summed E-state index contributed by atoms with van der Waals surface area (Å²) in [5.74, 6) is -0.321. The number of nitrogens with one attached hydrogen (secondary N) is 1. The molecule has 7 heteroatoms. The van der Waals surface area contributed by atoms with E-state index in [2.05, 4.69) is 9.88 Å². The number of benzene rings is 1. The minimum Gasteiger partial charge on any atom is -0.461 e. The number of likely N-dealkylation sites (tertiary alicyclic amines) is 1. The fourth-order valence-corrected chi connectivity index (χ4v) is 4.14. The molecule has 1 amide bonds. The fraction of sp³-hybridized carbons (Fsp3) is 0.524. The Hall–Kier alpha value is -2.38. The zero-order chi connectivity index (χ0) is 19.5. The number of carbonyl (C=O) groups is 2. The van der Waals surface area contributed by atoms with Gasteiger partial charge in [-0.2, -0.15) is 0 Å². The Morgan fingerprint density at radius 2 is 1.89 bits per heavy atom. The first-order valence-electron chi connectivity index (χ1n) is 10.1. The molecule has 1 N–H and O–H groups in total. The van der Waals surface area contributed by atoms with E-state index >= 15 is 0 Å². The molecule has 0 spiro atoms. The number of nitrogens with zero attached hydrogens (tertiary/aromatic N) is 2. The van der Waals surface area contributed by atoms with Gasteiger partial charge in [-0.1, -0.05) is 0 Å². The lowest BCUT2D eigenvalue weighted by molar-refractivity contribution is 0.00159. The molecule has 2 aliphatic rings. The number of morpholine rings is 1. The number of aromatic amines is 1. The number of piperidine rings is 1. The number of hydrogen-bond acceptors (Lipinski definition) is 5. The molecular weight excluding hydrogens is 358 g/mol. The molecule has 7 nitrogen and oxygen atoms in total. The van der Waals surface area contributed by atoms with Crippen molar-refractivity contribution in [3.8, 4) is 0 Å². The van der Waals surface area contributed by atoms with Crippen LogP contribution in [0.1, 0.15) is 40.6 Å². The van der Waals surface area contributed by atoms with Gasteiger partial charge in [-0.3, -0.25) is 9.69 Å². The van der Waals surface area contributed by atoms with E-state index in [1.165, 1.54) is 0 Å². The van der Waals surface area contributed by atoms with Gasteiger partial charge >= 0.3 is 5.97 Å². The molecule has 2 saturated heterocycles. The quantitative estimate of drug-likeness (QED) is 0.818. The van der Waals surface area contributed by atoms with Gasteiger partial charge in [0.2, 0.25) is 0 Å². The molecule has 4 rings (SSSR count). The van der Waals surface area contributed by atoms with Crippen LogP contribution in [0.4, 0.5) is 0 Å². The summed E-state index contributed by atoms with van der Waals surface area (Å²) in [7, 11) is 0. The summed E-state index contributed by atoms with van der Waals surface area (Å²) in [4.78, 5) is 32.3. The minimum absolute atomic E-state index is 0.0567. The summed E-state index contributed by atoms with van der Waals surface area (Å²) in [6.45, 7) is 7.27. The predicted molar refractivity (Wildman–Crippen MR) is 106 cm³/mol. The number of carbonyl (C=O) groups excluding carboxylic acids is 2. The van der Waals surface area contributed by atoms with Gasteiger partial charge in [-0.05, 0) is 44.0 Å².